The van der Waals surface area contributed by atoms with Crippen LogP contribution in [0.1, 0.15) is 0 Å². The molecule has 0 spiro atoms. The number of para-hydroxylation sites is 3. The van der Waals surface area contributed by atoms with Gasteiger partial charge in [-0.15, -0.1) is 0 Å². The van der Waals surface area contributed by atoms with Gasteiger partial charge in [0.05, 0.1) is 45.0 Å². The highest BCUT2D eigenvalue weighted by atomic mass is 15.2. The van der Waals surface area contributed by atoms with Gasteiger partial charge in [-0.3, -0.25) is 0 Å². The van der Waals surface area contributed by atoms with E-state index < -0.39 is 0 Å². The third-order valence-electron chi connectivity index (χ3n) is 8.05. The Morgan fingerprint density at radius 2 is 0.949 bits per heavy atom. The number of hydrogen-bond acceptors (Lipinski definition) is 1. The summed E-state index contributed by atoms with van der Waals surface area (Å²) in [4.78, 5) is 0. The molecule has 5 aromatic carbocycles. The normalized spacial score (nSPS) is 12.1. The molecule has 0 saturated heterocycles. The van der Waals surface area contributed by atoms with Gasteiger partial charge in [-0.2, -0.15) is 5.10 Å². The standard InChI is InChI=1S/C35H22N4/c1-2-10-23(11-3-1)38-32-16-8-5-12-25(32)27-19-20-28-26-13-6-9-17-33(26)39(35(28)34(27)38)24-18-21-31-29-14-4-7-15-30(29)36-37(31)22-24/h1-22H. The largest absolute Gasteiger partial charge is 0.307 e. The lowest BCUT2D eigenvalue weighted by molar-refractivity contribution is 0.963. The topological polar surface area (TPSA) is 27.2 Å². The van der Waals surface area contributed by atoms with Gasteiger partial charge in [0, 0.05) is 32.6 Å². The molecule has 0 bridgehead atoms. The van der Waals surface area contributed by atoms with Gasteiger partial charge in [0.15, 0.2) is 0 Å². The summed E-state index contributed by atoms with van der Waals surface area (Å²) in [5.74, 6) is 0. The van der Waals surface area contributed by atoms with Crippen LogP contribution in [0.5, 0.6) is 0 Å². The number of rotatable bonds is 2. The van der Waals surface area contributed by atoms with Crippen molar-refractivity contribution in [1.82, 2.24) is 18.7 Å². The maximum absolute atomic E-state index is 4.91. The minimum Gasteiger partial charge on any atom is -0.307 e. The van der Waals surface area contributed by atoms with Crippen molar-refractivity contribution in [2.75, 3.05) is 0 Å². The van der Waals surface area contributed by atoms with Gasteiger partial charge in [-0.1, -0.05) is 84.9 Å². The van der Waals surface area contributed by atoms with Gasteiger partial charge in [0.25, 0.3) is 0 Å². The Morgan fingerprint density at radius 3 is 1.64 bits per heavy atom. The Bertz CT molecular complexity index is 2390. The molecule has 9 rings (SSSR count). The highest BCUT2D eigenvalue weighted by Crippen LogP contribution is 2.41. The van der Waals surface area contributed by atoms with E-state index in [1.165, 1.54) is 43.6 Å². The van der Waals surface area contributed by atoms with Crippen LogP contribution in [-0.2, 0) is 0 Å². The number of aromatic nitrogens is 4. The molecule has 0 aliphatic heterocycles. The van der Waals surface area contributed by atoms with E-state index in [4.69, 9.17) is 5.10 Å². The molecule has 0 radical (unpaired) electrons. The molecule has 4 nitrogen and oxygen atoms in total. The molecule has 0 atom stereocenters. The van der Waals surface area contributed by atoms with Crippen LogP contribution in [0.2, 0.25) is 0 Å². The Balaban J connectivity index is 1.50. The minimum absolute atomic E-state index is 1.00. The van der Waals surface area contributed by atoms with Crippen LogP contribution < -0.4 is 0 Å². The third-order valence-corrected chi connectivity index (χ3v) is 8.05. The van der Waals surface area contributed by atoms with E-state index >= 15 is 0 Å². The van der Waals surface area contributed by atoms with Crippen LogP contribution in [0.15, 0.2) is 134 Å². The van der Waals surface area contributed by atoms with E-state index in [0.29, 0.717) is 0 Å². The fourth-order valence-corrected chi connectivity index (χ4v) is 6.41. The van der Waals surface area contributed by atoms with E-state index in [9.17, 15) is 0 Å². The second kappa shape index (κ2) is 7.59. The van der Waals surface area contributed by atoms with E-state index in [1.54, 1.807) is 0 Å². The Kier molecular flexibility index (Phi) is 4.02. The molecule has 0 amide bonds. The Morgan fingerprint density at radius 1 is 0.385 bits per heavy atom. The smallest absolute Gasteiger partial charge is 0.0933 e. The molecular formula is C35H22N4. The zero-order valence-corrected chi connectivity index (χ0v) is 21.0. The SMILES string of the molecule is c1ccc(-n2c3ccccc3c3ccc4c5ccccc5n(-c5ccc6c7ccccc7nn6c5)c4c32)cc1. The van der Waals surface area contributed by atoms with Crippen LogP contribution in [0.3, 0.4) is 0 Å². The molecule has 39 heavy (non-hydrogen) atoms. The summed E-state index contributed by atoms with van der Waals surface area (Å²) in [6.07, 6.45) is 2.16. The highest BCUT2D eigenvalue weighted by Gasteiger charge is 2.21. The zero-order valence-electron chi connectivity index (χ0n) is 21.0. The molecule has 0 fully saturated rings. The van der Waals surface area contributed by atoms with Crippen molar-refractivity contribution >= 4 is 60.0 Å². The van der Waals surface area contributed by atoms with Crippen molar-refractivity contribution < 1.29 is 0 Å². The molecular weight excluding hydrogens is 476 g/mol. The first-order valence-electron chi connectivity index (χ1n) is 13.2. The molecule has 0 aliphatic rings. The lowest BCUT2D eigenvalue weighted by atomic mass is 10.1. The van der Waals surface area contributed by atoms with Gasteiger partial charge in [0.1, 0.15) is 0 Å². The number of hydrogen-bond donors (Lipinski definition) is 0. The van der Waals surface area contributed by atoms with E-state index in [2.05, 4.69) is 137 Å². The van der Waals surface area contributed by atoms with Crippen LogP contribution >= 0.6 is 0 Å². The average molecular weight is 499 g/mol. The average Bonchev–Trinajstić information content (AvgIpc) is 3.65. The van der Waals surface area contributed by atoms with Crippen LogP contribution in [-0.4, -0.2) is 18.7 Å². The van der Waals surface area contributed by atoms with Gasteiger partial charge < -0.3 is 9.13 Å². The maximum atomic E-state index is 4.91. The summed E-state index contributed by atoms with van der Waals surface area (Å²) in [6.45, 7) is 0. The predicted octanol–water partition coefficient (Wildman–Crippen LogP) is 8.68. The fraction of sp³-hybridized carbons (Fsp3) is 0. The summed E-state index contributed by atoms with van der Waals surface area (Å²) in [6, 6.07) is 45.5. The zero-order chi connectivity index (χ0) is 25.5. The van der Waals surface area contributed by atoms with Crippen molar-refractivity contribution in [2.24, 2.45) is 0 Å². The quantitative estimate of drug-likeness (QED) is 0.234. The first-order chi connectivity index (χ1) is 19.4. The Hall–Kier alpha value is -5.35. The molecule has 4 aromatic heterocycles. The first-order valence-corrected chi connectivity index (χ1v) is 13.2. The minimum atomic E-state index is 1.00. The highest BCUT2D eigenvalue weighted by molar-refractivity contribution is 6.23. The number of fused-ring (bicyclic) bond motifs is 10. The second-order valence-corrected chi connectivity index (χ2v) is 10.1. The van der Waals surface area contributed by atoms with Crippen LogP contribution in [0.25, 0.3) is 71.4 Å². The molecule has 0 aliphatic carbocycles. The summed E-state index contributed by atoms with van der Waals surface area (Å²) < 4.78 is 6.85. The lowest BCUT2D eigenvalue weighted by Gasteiger charge is -2.12. The summed E-state index contributed by atoms with van der Waals surface area (Å²) in [5, 5.41) is 11.1. The summed E-state index contributed by atoms with van der Waals surface area (Å²) >= 11 is 0. The summed E-state index contributed by atoms with van der Waals surface area (Å²) in [7, 11) is 0. The second-order valence-electron chi connectivity index (χ2n) is 10.1. The maximum Gasteiger partial charge on any atom is 0.0933 e. The molecule has 182 valence electrons. The molecule has 9 aromatic rings. The molecule has 4 heterocycles. The fourth-order valence-electron chi connectivity index (χ4n) is 6.41. The van der Waals surface area contributed by atoms with Gasteiger partial charge in [0.2, 0.25) is 0 Å². The van der Waals surface area contributed by atoms with Crippen molar-refractivity contribution in [3.63, 3.8) is 0 Å². The van der Waals surface area contributed by atoms with Gasteiger partial charge in [-0.25, -0.2) is 4.52 Å². The lowest BCUT2D eigenvalue weighted by Crippen LogP contribution is -2.00. The van der Waals surface area contributed by atoms with Crippen molar-refractivity contribution in [3.8, 4) is 11.4 Å². The van der Waals surface area contributed by atoms with E-state index in [1.807, 2.05) is 10.6 Å². The summed E-state index contributed by atoms with van der Waals surface area (Å²) in [5.41, 5.74) is 9.15. The van der Waals surface area contributed by atoms with Crippen LogP contribution in [0, 0.1) is 0 Å². The van der Waals surface area contributed by atoms with Crippen molar-refractivity contribution in [2.45, 2.75) is 0 Å². The first kappa shape index (κ1) is 20.7. The molecule has 4 heteroatoms. The monoisotopic (exact) mass is 498 g/mol. The predicted molar refractivity (Wildman–Crippen MR) is 161 cm³/mol. The van der Waals surface area contributed by atoms with Crippen molar-refractivity contribution in [3.05, 3.63) is 134 Å². The number of nitrogens with zero attached hydrogens (tertiary/aromatic N) is 4. The number of pyridine rings is 1. The van der Waals surface area contributed by atoms with Crippen molar-refractivity contribution in [1.29, 1.82) is 0 Å². The van der Waals surface area contributed by atoms with E-state index in [-0.39, 0.29) is 0 Å². The Labute approximate surface area is 223 Å². The molecule has 0 saturated carbocycles. The van der Waals surface area contributed by atoms with Gasteiger partial charge in [-0.05, 0) is 42.5 Å². The third kappa shape index (κ3) is 2.75. The molecule has 0 N–H and O–H groups in total. The van der Waals surface area contributed by atoms with Gasteiger partial charge >= 0.3 is 0 Å². The van der Waals surface area contributed by atoms with E-state index in [0.717, 1.165) is 27.8 Å². The molecule has 0 unspecified atom stereocenters. The number of benzene rings is 5. The van der Waals surface area contributed by atoms with Crippen LogP contribution in [0.4, 0.5) is 0 Å².